The van der Waals surface area contributed by atoms with Crippen LogP contribution in [0.2, 0.25) is 0 Å². The molecule has 3 unspecified atom stereocenters. The molecule has 0 radical (unpaired) electrons. The molecule has 0 saturated heterocycles. The number of aliphatic carboxylic acids is 1. The van der Waals surface area contributed by atoms with Gasteiger partial charge >= 0.3 is 5.97 Å². The van der Waals surface area contributed by atoms with Crippen molar-refractivity contribution in [1.29, 1.82) is 0 Å². The van der Waals surface area contributed by atoms with Crippen LogP contribution in [-0.4, -0.2) is 26.9 Å². The molecule has 88 valence electrons. The number of hydrogen-bond acceptors (Lipinski definition) is 3. The standard InChI is InChI=1S/C11H17N3O2/c1-7-9(3-4-11(15)16)8(2)14-10(13-7)5-6-12-14/h5-9,13H,3-4H2,1-2H3,(H,15,16). The Morgan fingerprint density at radius 2 is 2.38 bits per heavy atom. The lowest BCUT2D eigenvalue weighted by molar-refractivity contribution is -0.137. The van der Waals surface area contributed by atoms with Crippen LogP contribution in [0.1, 0.15) is 32.7 Å². The van der Waals surface area contributed by atoms with Crippen LogP contribution >= 0.6 is 0 Å². The van der Waals surface area contributed by atoms with Crippen molar-refractivity contribution in [3.05, 3.63) is 12.3 Å². The summed E-state index contributed by atoms with van der Waals surface area (Å²) in [4.78, 5) is 10.6. The second-order valence-corrected chi connectivity index (χ2v) is 4.43. The fourth-order valence-corrected chi connectivity index (χ4v) is 2.47. The normalized spacial score (nSPS) is 28.2. The number of fused-ring (bicyclic) bond motifs is 1. The van der Waals surface area contributed by atoms with Crippen LogP contribution in [0.15, 0.2) is 12.3 Å². The summed E-state index contributed by atoms with van der Waals surface area (Å²) in [5, 5.41) is 16.3. The molecule has 16 heavy (non-hydrogen) atoms. The van der Waals surface area contributed by atoms with Gasteiger partial charge in [-0.1, -0.05) is 0 Å². The minimum absolute atomic E-state index is 0.220. The van der Waals surface area contributed by atoms with Gasteiger partial charge in [0, 0.05) is 24.4 Å². The van der Waals surface area contributed by atoms with E-state index < -0.39 is 5.97 Å². The molecular formula is C11H17N3O2. The predicted octanol–water partition coefficient (Wildman–Crippen LogP) is 1.74. The number of aromatic nitrogens is 2. The Morgan fingerprint density at radius 3 is 3.06 bits per heavy atom. The number of carboxylic acids is 1. The molecule has 3 atom stereocenters. The van der Waals surface area contributed by atoms with Crippen LogP contribution < -0.4 is 5.32 Å². The SMILES string of the molecule is CC1Nc2ccnn2C(C)C1CCC(=O)O. The Hall–Kier alpha value is -1.52. The van der Waals surface area contributed by atoms with E-state index in [0.29, 0.717) is 18.4 Å². The van der Waals surface area contributed by atoms with Crippen molar-refractivity contribution < 1.29 is 9.90 Å². The summed E-state index contributed by atoms with van der Waals surface area (Å²) in [7, 11) is 0. The molecule has 0 fully saturated rings. The van der Waals surface area contributed by atoms with E-state index >= 15 is 0 Å². The summed E-state index contributed by atoms with van der Waals surface area (Å²) in [6.45, 7) is 4.19. The second kappa shape index (κ2) is 4.15. The molecule has 1 aromatic heterocycles. The fraction of sp³-hybridized carbons (Fsp3) is 0.636. The van der Waals surface area contributed by atoms with Gasteiger partial charge in [0.25, 0.3) is 0 Å². The molecule has 5 nitrogen and oxygen atoms in total. The first-order valence-electron chi connectivity index (χ1n) is 5.61. The molecule has 2 heterocycles. The van der Waals surface area contributed by atoms with E-state index in [1.165, 1.54) is 0 Å². The number of nitrogens with zero attached hydrogens (tertiary/aromatic N) is 2. The molecule has 0 aliphatic carbocycles. The third-order valence-corrected chi connectivity index (χ3v) is 3.39. The monoisotopic (exact) mass is 223 g/mol. The van der Waals surface area contributed by atoms with E-state index in [9.17, 15) is 4.79 Å². The van der Waals surface area contributed by atoms with Gasteiger partial charge in [-0.25, -0.2) is 4.68 Å². The molecular weight excluding hydrogens is 206 g/mol. The summed E-state index contributed by atoms with van der Waals surface area (Å²) >= 11 is 0. The first-order valence-corrected chi connectivity index (χ1v) is 5.61. The molecule has 2 N–H and O–H groups in total. The highest BCUT2D eigenvalue weighted by Crippen LogP contribution is 2.33. The zero-order chi connectivity index (χ0) is 11.7. The third kappa shape index (κ3) is 1.89. The lowest BCUT2D eigenvalue weighted by atomic mass is 9.87. The van der Waals surface area contributed by atoms with Crippen LogP contribution in [-0.2, 0) is 4.79 Å². The second-order valence-electron chi connectivity index (χ2n) is 4.43. The van der Waals surface area contributed by atoms with Crippen molar-refractivity contribution in [2.45, 2.75) is 38.8 Å². The minimum atomic E-state index is -0.731. The van der Waals surface area contributed by atoms with Gasteiger partial charge in [0.1, 0.15) is 5.82 Å². The van der Waals surface area contributed by atoms with Crippen molar-refractivity contribution in [3.63, 3.8) is 0 Å². The van der Waals surface area contributed by atoms with Crippen molar-refractivity contribution in [3.8, 4) is 0 Å². The summed E-state index contributed by atoms with van der Waals surface area (Å²) in [6, 6.07) is 2.49. The number of carboxylic acid groups (broad SMARTS) is 1. The van der Waals surface area contributed by atoms with Crippen molar-refractivity contribution in [2.75, 3.05) is 5.32 Å². The van der Waals surface area contributed by atoms with E-state index in [-0.39, 0.29) is 12.5 Å². The van der Waals surface area contributed by atoms with E-state index in [1.54, 1.807) is 6.20 Å². The smallest absolute Gasteiger partial charge is 0.303 e. The van der Waals surface area contributed by atoms with Crippen molar-refractivity contribution >= 4 is 11.8 Å². The third-order valence-electron chi connectivity index (χ3n) is 3.39. The van der Waals surface area contributed by atoms with Crippen molar-refractivity contribution in [1.82, 2.24) is 9.78 Å². The zero-order valence-electron chi connectivity index (χ0n) is 9.55. The summed E-state index contributed by atoms with van der Waals surface area (Å²) in [6.07, 6.45) is 2.67. The summed E-state index contributed by atoms with van der Waals surface area (Å²) in [5.41, 5.74) is 0. The van der Waals surface area contributed by atoms with Gasteiger partial charge < -0.3 is 10.4 Å². The maximum Gasteiger partial charge on any atom is 0.303 e. The van der Waals surface area contributed by atoms with Gasteiger partial charge in [0.2, 0.25) is 0 Å². The van der Waals surface area contributed by atoms with Crippen LogP contribution in [0.5, 0.6) is 0 Å². The van der Waals surface area contributed by atoms with E-state index in [2.05, 4.69) is 24.3 Å². The fourth-order valence-electron chi connectivity index (χ4n) is 2.47. The highest BCUT2D eigenvalue weighted by Gasteiger charge is 2.31. The Kier molecular flexibility index (Phi) is 2.85. The molecule has 0 spiro atoms. The maximum atomic E-state index is 10.6. The molecule has 1 aliphatic rings. The Morgan fingerprint density at radius 1 is 1.62 bits per heavy atom. The van der Waals surface area contributed by atoms with Crippen LogP contribution in [0.25, 0.3) is 0 Å². The Balaban J connectivity index is 2.12. The summed E-state index contributed by atoms with van der Waals surface area (Å²) in [5.74, 6) is 0.598. The maximum absolute atomic E-state index is 10.6. The molecule has 0 amide bonds. The van der Waals surface area contributed by atoms with Gasteiger partial charge in [0.05, 0.1) is 12.2 Å². The molecule has 5 heteroatoms. The molecule has 2 rings (SSSR count). The highest BCUT2D eigenvalue weighted by molar-refractivity contribution is 5.66. The van der Waals surface area contributed by atoms with Gasteiger partial charge in [-0.2, -0.15) is 5.10 Å². The molecule has 1 aliphatic heterocycles. The Bertz CT molecular complexity index is 388. The lowest BCUT2D eigenvalue weighted by Gasteiger charge is -2.36. The average molecular weight is 223 g/mol. The largest absolute Gasteiger partial charge is 0.481 e. The molecule has 0 saturated carbocycles. The number of hydrogen-bond donors (Lipinski definition) is 2. The van der Waals surface area contributed by atoms with E-state index in [0.717, 1.165) is 5.82 Å². The summed E-state index contributed by atoms with van der Waals surface area (Å²) < 4.78 is 1.94. The lowest BCUT2D eigenvalue weighted by Crippen LogP contribution is -2.38. The van der Waals surface area contributed by atoms with Crippen molar-refractivity contribution in [2.24, 2.45) is 5.92 Å². The Labute approximate surface area is 94.5 Å². The molecule has 1 aromatic rings. The average Bonchev–Trinajstić information content (AvgIpc) is 2.64. The first-order chi connectivity index (χ1) is 7.59. The van der Waals surface area contributed by atoms with Crippen LogP contribution in [0.4, 0.5) is 5.82 Å². The van der Waals surface area contributed by atoms with Gasteiger partial charge in [0.15, 0.2) is 0 Å². The van der Waals surface area contributed by atoms with E-state index in [4.69, 9.17) is 5.11 Å². The van der Waals surface area contributed by atoms with E-state index in [1.807, 2.05) is 10.7 Å². The number of carbonyl (C=O) groups is 1. The quantitative estimate of drug-likeness (QED) is 0.819. The zero-order valence-corrected chi connectivity index (χ0v) is 9.55. The topological polar surface area (TPSA) is 67.2 Å². The number of rotatable bonds is 3. The molecule has 0 bridgehead atoms. The van der Waals surface area contributed by atoms with Gasteiger partial charge in [-0.3, -0.25) is 4.79 Å². The predicted molar refractivity (Wildman–Crippen MR) is 60.4 cm³/mol. The molecule has 0 aromatic carbocycles. The highest BCUT2D eigenvalue weighted by atomic mass is 16.4. The van der Waals surface area contributed by atoms with Gasteiger partial charge in [-0.05, 0) is 20.3 Å². The van der Waals surface area contributed by atoms with Gasteiger partial charge in [-0.15, -0.1) is 0 Å². The number of nitrogens with one attached hydrogen (secondary N) is 1. The first kappa shape index (κ1) is 11.0. The van der Waals surface area contributed by atoms with Crippen LogP contribution in [0, 0.1) is 5.92 Å². The minimum Gasteiger partial charge on any atom is -0.481 e. The number of anilines is 1. The van der Waals surface area contributed by atoms with Crippen LogP contribution in [0.3, 0.4) is 0 Å².